The summed E-state index contributed by atoms with van der Waals surface area (Å²) in [5, 5.41) is 3.30. The van der Waals surface area contributed by atoms with Gasteiger partial charge in [-0.2, -0.15) is 0 Å². The van der Waals surface area contributed by atoms with E-state index in [1.165, 1.54) is 12.8 Å². The van der Waals surface area contributed by atoms with Gasteiger partial charge in [0.25, 0.3) is 0 Å². The number of carbonyl (C=O) groups excluding carboxylic acids is 1. The van der Waals surface area contributed by atoms with Crippen molar-refractivity contribution in [2.75, 3.05) is 32.8 Å². The van der Waals surface area contributed by atoms with Crippen LogP contribution in [0.4, 0.5) is 0 Å². The lowest BCUT2D eigenvalue weighted by Gasteiger charge is -2.27. The molecule has 4 nitrogen and oxygen atoms in total. The Morgan fingerprint density at radius 3 is 2.64 bits per heavy atom. The lowest BCUT2D eigenvalue weighted by molar-refractivity contribution is -0.130. The van der Waals surface area contributed by atoms with E-state index in [2.05, 4.69) is 5.32 Å². The summed E-state index contributed by atoms with van der Waals surface area (Å²) >= 11 is 0. The van der Waals surface area contributed by atoms with E-state index < -0.39 is 0 Å². The van der Waals surface area contributed by atoms with E-state index in [1.54, 1.807) is 0 Å². The minimum atomic E-state index is 0.301. The van der Waals surface area contributed by atoms with Crippen LogP contribution in [-0.4, -0.2) is 49.7 Å². The van der Waals surface area contributed by atoms with E-state index in [0.717, 1.165) is 32.8 Å². The number of carbonyl (C=O) groups is 1. The summed E-state index contributed by atoms with van der Waals surface area (Å²) in [6.45, 7) is 4.33. The molecule has 2 rings (SSSR count). The molecule has 0 aromatic carbocycles. The molecule has 0 bridgehead atoms. The van der Waals surface area contributed by atoms with E-state index in [9.17, 15) is 4.79 Å². The van der Waals surface area contributed by atoms with Gasteiger partial charge in [-0.15, -0.1) is 0 Å². The predicted molar refractivity (Wildman–Crippen MR) is 53.0 cm³/mol. The standard InChI is InChI=1S/C10H18N2O2/c13-10(12-5-1-2-6-12)3-4-11-9-7-14-8-9/h9,11H,1-8H2. The highest BCUT2D eigenvalue weighted by Gasteiger charge is 2.20. The molecule has 0 atom stereocenters. The monoisotopic (exact) mass is 198 g/mol. The number of nitrogens with one attached hydrogen (secondary N) is 1. The van der Waals surface area contributed by atoms with Crippen molar-refractivity contribution in [3.63, 3.8) is 0 Å². The molecule has 0 aromatic heterocycles. The summed E-state index contributed by atoms with van der Waals surface area (Å²) < 4.78 is 5.03. The highest BCUT2D eigenvalue weighted by molar-refractivity contribution is 5.76. The van der Waals surface area contributed by atoms with Crippen LogP contribution in [0.25, 0.3) is 0 Å². The van der Waals surface area contributed by atoms with E-state index in [-0.39, 0.29) is 0 Å². The molecular formula is C10H18N2O2. The van der Waals surface area contributed by atoms with Gasteiger partial charge in [0.2, 0.25) is 5.91 Å². The molecule has 80 valence electrons. The van der Waals surface area contributed by atoms with Crippen molar-refractivity contribution in [2.45, 2.75) is 25.3 Å². The summed E-state index contributed by atoms with van der Waals surface area (Å²) in [5.41, 5.74) is 0. The normalized spacial score (nSPS) is 22.4. The van der Waals surface area contributed by atoms with Crippen LogP contribution < -0.4 is 5.32 Å². The Morgan fingerprint density at radius 2 is 2.07 bits per heavy atom. The Hall–Kier alpha value is -0.610. The number of likely N-dealkylation sites (tertiary alicyclic amines) is 1. The van der Waals surface area contributed by atoms with Crippen LogP contribution in [0.5, 0.6) is 0 Å². The zero-order valence-corrected chi connectivity index (χ0v) is 8.50. The van der Waals surface area contributed by atoms with Gasteiger partial charge in [-0.05, 0) is 12.8 Å². The zero-order chi connectivity index (χ0) is 9.80. The molecule has 1 amide bonds. The number of hydrogen-bond acceptors (Lipinski definition) is 3. The average Bonchev–Trinajstić information content (AvgIpc) is 2.61. The van der Waals surface area contributed by atoms with Gasteiger partial charge >= 0.3 is 0 Å². The van der Waals surface area contributed by atoms with Gasteiger partial charge in [-0.3, -0.25) is 4.79 Å². The Balaban J connectivity index is 1.57. The molecule has 2 heterocycles. The third-order valence-electron chi connectivity index (χ3n) is 2.87. The molecule has 2 saturated heterocycles. The topological polar surface area (TPSA) is 41.6 Å². The summed E-state index contributed by atoms with van der Waals surface area (Å²) in [5.74, 6) is 0.301. The van der Waals surface area contributed by atoms with Crippen molar-refractivity contribution < 1.29 is 9.53 Å². The zero-order valence-electron chi connectivity index (χ0n) is 8.50. The van der Waals surface area contributed by atoms with E-state index >= 15 is 0 Å². The van der Waals surface area contributed by atoms with Gasteiger partial charge in [-0.25, -0.2) is 0 Å². The molecule has 14 heavy (non-hydrogen) atoms. The molecule has 2 aliphatic rings. The van der Waals surface area contributed by atoms with Crippen LogP contribution in [0.15, 0.2) is 0 Å². The largest absolute Gasteiger partial charge is 0.378 e. The number of ether oxygens (including phenoxy) is 1. The van der Waals surface area contributed by atoms with Crippen LogP contribution in [-0.2, 0) is 9.53 Å². The second kappa shape index (κ2) is 4.75. The average molecular weight is 198 g/mol. The van der Waals surface area contributed by atoms with Crippen molar-refractivity contribution in [3.05, 3.63) is 0 Å². The van der Waals surface area contributed by atoms with Crippen LogP contribution >= 0.6 is 0 Å². The molecule has 2 fully saturated rings. The number of amides is 1. The quantitative estimate of drug-likeness (QED) is 0.690. The SMILES string of the molecule is O=C(CCNC1COC1)N1CCCC1. The van der Waals surface area contributed by atoms with E-state index in [4.69, 9.17) is 4.74 Å². The molecule has 0 radical (unpaired) electrons. The molecule has 1 N–H and O–H groups in total. The van der Waals surface area contributed by atoms with Gasteiger partial charge in [0.05, 0.1) is 19.3 Å². The second-order valence-corrected chi connectivity index (χ2v) is 4.03. The Kier molecular flexibility index (Phi) is 3.37. The number of nitrogens with zero attached hydrogens (tertiary/aromatic N) is 1. The van der Waals surface area contributed by atoms with Crippen molar-refractivity contribution in [1.29, 1.82) is 0 Å². The highest BCUT2D eigenvalue weighted by atomic mass is 16.5. The van der Waals surface area contributed by atoms with Crippen LogP contribution in [0, 0.1) is 0 Å². The van der Waals surface area contributed by atoms with E-state index in [0.29, 0.717) is 18.4 Å². The van der Waals surface area contributed by atoms with Gasteiger partial charge in [-0.1, -0.05) is 0 Å². The molecule has 0 saturated carbocycles. The van der Waals surface area contributed by atoms with Crippen LogP contribution in [0.2, 0.25) is 0 Å². The predicted octanol–water partition coefficient (Wildman–Crippen LogP) is -0.0127. The first kappa shape index (κ1) is 9.93. The lowest BCUT2D eigenvalue weighted by atomic mass is 10.2. The Morgan fingerprint density at radius 1 is 1.36 bits per heavy atom. The fraction of sp³-hybridized carbons (Fsp3) is 0.900. The molecule has 2 aliphatic heterocycles. The fourth-order valence-electron chi connectivity index (χ4n) is 1.86. The number of hydrogen-bond donors (Lipinski definition) is 1. The third-order valence-corrected chi connectivity index (χ3v) is 2.87. The highest BCUT2D eigenvalue weighted by Crippen LogP contribution is 2.08. The summed E-state index contributed by atoms with van der Waals surface area (Å²) in [6.07, 6.45) is 2.99. The maximum Gasteiger partial charge on any atom is 0.223 e. The van der Waals surface area contributed by atoms with Crippen molar-refractivity contribution in [3.8, 4) is 0 Å². The first-order valence-corrected chi connectivity index (χ1v) is 5.45. The Bertz CT molecular complexity index is 198. The summed E-state index contributed by atoms with van der Waals surface area (Å²) in [6, 6.07) is 0.487. The molecule has 4 heteroatoms. The maximum atomic E-state index is 11.6. The molecule has 0 spiro atoms. The van der Waals surface area contributed by atoms with Gasteiger partial charge in [0, 0.05) is 26.1 Å². The minimum Gasteiger partial charge on any atom is -0.378 e. The third kappa shape index (κ3) is 2.45. The van der Waals surface area contributed by atoms with Crippen LogP contribution in [0.3, 0.4) is 0 Å². The molecule has 0 aromatic rings. The second-order valence-electron chi connectivity index (χ2n) is 4.03. The lowest BCUT2D eigenvalue weighted by Crippen LogP contribution is -2.47. The van der Waals surface area contributed by atoms with Crippen molar-refractivity contribution in [2.24, 2.45) is 0 Å². The van der Waals surface area contributed by atoms with E-state index in [1.807, 2.05) is 4.90 Å². The minimum absolute atomic E-state index is 0.301. The van der Waals surface area contributed by atoms with Gasteiger partial charge in [0.15, 0.2) is 0 Å². The fourth-order valence-corrected chi connectivity index (χ4v) is 1.86. The smallest absolute Gasteiger partial charge is 0.223 e. The van der Waals surface area contributed by atoms with Crippen molar-refractivity contribution >= 4 is 5.91 Å². The van der Waals surface area contributed by atoms with Gasteiger partial charge in [0.1, 0.15) is 0 Å². The van der Waals surface area contributed by atoms with Crippen LogP contribution in [0.1, 0.15) is 19.3 Å². The molecular weight excluding hydrogens is 180 g/mol. The van der Waals surface area contributed by atoms with Gasteiger partial charge < -0.3 is 15.0 Å². The first-order chi connectivity index (χ1) is 6.86. The summed E-state index contributed by atoms with van der Waals surface area (Å²) in [7, 11) is 0. The number of rotatable bonds is 4. The maximum absolute atomic E-state index is 11.6. The van der Waals surface area contributed by atoms with Crippen molar-refractivity contribution in [1.82, 2.24) is 10.2 Å². The molecule has 0 aliphatic carbocycles. The Labute approximate surface area is 84.6 Å². The first-order valence-electron chi connectivity index (χ1n) is 5.45. The summed E-state index contributed by atoms with van der Waals surface area (Å²) in [4.78, 5) is 13.6. The molecule has 0 unspecified atom stereocenters.